The van der Waals surface area contributed by atoms with Crippen LogP contribution in [0.3, 0.4) is 0 Å². The Balaban J connectivity index is 1.58. The highest BCUT2D eigenvalue weighted by atomic mass is 35.5. The lowest BCUT2D eigenvalue weighted by molar-refractivity contribution is -0.136. The van der Waals surface area contributed by atoms with Gasteiger partial charge in [-0.2, -0.15) is 8.78 Å². The van der Waals surface area contributed by atoms with Crippen molar-refractivity contribution in [3.63, 3.8) is 0 Å². The average Bonchev–Trinajstić information content (AvgIpc) is 2.79. The van der Waals surface area contributed by atoms with Gasteiger partial charge < -0.3 is 20.1 Å². The normalized spacial score (nSPS) is 15.1. The minimum atomic E-state index is -2.95. The van der Waals surface area contributed by atoms with Crippen LogP contribution in [0, 0.1) is 5.82 Å². The lowest BCUT2D eigenvalue weighted by atomic mass is 9.80. The Kier molecular flexibility index (Phi) is 8.37. The molecule has 0 atom stereocenters. The van der Waals surface area contributed by atoms with Gasteiger partial charge in [-0.3, -0.25) is 14.6 Å². The average molecular weight is 486 g/mol. The molecular formula is C22H23ClF3N3O4. The van der Waals surface area contributed by atoms with Gasteiger partial charge in [-0.1, -0.05) is 30.9 Å². The van der Waals surface area contributed by atoms with Gasteiger partial charge >= 0.3 is 6.61 Å². The van der Waals surface area contributed by atoms with Gasteiger partial charge in [0.05, 0.1) is 23.5 Å². The Morgan fingerprint density at radius 1 is 1.12 bits per heavy atom. The van der Waals surface area contributed by atoms with Gasteiger partial charge in [-0.15, -0.1) is 0 Å². The maximum absolute atomic E-state index is 13.5. The number of benzene rings is 1. The van der Waals surface area contributed by atoms with E-state index in [0.29, 0.717) is 18.5 Å². The fourth-order valence-electron chi connectivity index (χ4n) is 3.61. The number of carbonyl (C=O) groups excluding carboxylic acids is 2. The van der Waals surface area contributed by atoms with Crippen molar-refractivity contribution < 1.29 is 32.2 Å². The molecule has 11 heteroatoms. The third-order valence-corrected chi connectivity index (χ3v) is 5.54. The number of carbonyl (C=O) groups is 2. The minimum Gasteiger partial charge on any atom is -0.484 e. The van der Waals surface area contributed by atoms with E-state index < -0.39 is 30.5 Å². The summed E-state index contributed by atoms with van der Waals surface area (Å²) in [6, 6.07) is 6.62. The molecule has 1 aliphatic carbocycles. The molecule has 0 unspecified atom stereocenters. The monoisotopic (exact) mass is 485 g/mol. The topological polar surface area (TPSA) is 89.5 Å². The van der Waals surface area contributed by atoms with Crippen molar-refractivity contribution in [3.05, 3.63) is 53.1 Å². The summed E-state index contributed by atoms with van der Waals surface area (Å²) in [5, 5.41) is 5.47. The second-order valence-corrected chi connectivity index (χ2v) is 8.01. The van der Waals surface area contributed by atoms with Crippen LogP contribution in [0.25, 0.3) is 0 Å². The molecule has 0 saturated heterocycles. The number of hydrogen-bond donors (Lipinski definition) is 2. The SMILES string of the molecule is O=C(COc1ccc(Cl)c(F)c1)NC1(C(=O)NCc2ccc(OC(F)F)cn2)CCCCC1. The Bertz CT molecular complexity index is 970. The number of halogens is 4. The molecule has 1 saturated carbocycles. The van der Waals surface area contributed by atoms with Crippen LogP contribution >= 0.6 is 11.6 Å². The van der Waals surface area contributed by atoms with E-state index in [1.807, 2.05) is 0 Å². The maximum Gasteiger partial charge on any atom is 0.387 e. The fraction of sp³-hybridized carbons (Fsp3) is 0.409. The molecule has 1 aliphatic rings. The molecule has 0 aliphatic heterocycles. The molecule has 2 N–H and O–H groups in total. The van der Waals surface area contributed by atoms with Crippen molar-refractivity contribution in [1.82, 2.24) is 15.6 Å². The molecule has 0 spiro atoms. The van der Waals surface area contributed by atoms with E-state index in [9.17, 15) is 22.8 Å². The molecule has 33 heavy (non-hydrogen) atoms. The molecule has 0 radical (unpaired) electrons. The number of alkyl halides is 2. The second kappa shape index (κ2) is 11.2. The molecule has 1 aromatic carbocycles. The number of aromatic nitrogens is 1. The molecule has 1 aromatic heterocycles. The quantitative estimate of drug-likeness (QED) is 0.560. The molecule has 0 bridgehead atoms. The van der Waals surface area contributed by atoms with Gasteiger partial charge in [0.15, 0.2) is 6.61 Å². The highest BCUT2D eigenvalue weighted by Gasteiger charge is 2.40. The summed E-state index contributed by atoms with van der Waals surface area (Å²) in [6.45, 7) is -3.30. The molecular weight excluding hydrogens is 463 g/mol. The summed E-state index contributed by atoms with van der Waals surface area (Å²) in [5.41, 5.74) is -0.668. The number of nitrogens with one attached hydrogen (secondary N) is 2. The number of ether oxygens (including phenoxy) is 2. The van der Waals surface area contributed by atoms with Crippen molar-refractivity contribution in [3.8, 4) is 11.5 Å². The van der Waals surface area contributed by atoms with Crippen LogP contribution in [0.1, 0.15) is 37.8 Å². The molecule has 178 valence electrons. The third-order valence-electron chi connectivity index (χ3n) is 5.23. The van der Waals surface area contributed by atoms with Crippen molar-refractivity contribution in [2.45, 2.75) is 50.8 Å². The van der Waals surface area contributed by atoms with Crippen LogP contribution in [-0.2, 0) is 16.1 Å². The van der Waals surface area contributed by atoms with Gasteiger partial charge in [0.2, 0.25) is 5.91 Å². The van der Waals surface area contributed by atoms with Crippen LogP contribution in [-0.4, -0.2) is 35.6 Å². The van der Waals surface area contributed by atoms with Crippen LogP contribution in [0.2, 0.25) is 5.02 Å². The minimum absolute atomic E-state index is 0.0476. The fourth-order valence-corrected chi connectivity index (χ4v) is 3.73. The number of amides is 2. The number of hydrogen-bond acceptors (Lipinski definition) is 5. The van der Waals surface area contributed by atoms with Gasteiger partial charge in [0.25, 0.3) is 5.91 Å². The van der Waals surface area contributed by atoms with Crippen LogP contribution in [0.4, 0.5) is 13.2 Å². The first kappa shape index (κ1) is 24.6. The number of nitrogens with zero attached hydrogens (tertiary/aromatic N) is 1. The third kappa shape index (κ3) is 6.98. The van der Waals surface area contributed by atoms with Gasteiger partial charge in [-0.25, -0.2) is 4.39 Å². The molecule has 2 aromatic rings. The highest BCUT2D eigenvalue weighted by molar-refractivity contribution is 6.30. The van der Waals surface area contributed by atoms with E-state index in [-0.39, 0.29) is 29.0 Å². The first-order chi connectivity index (χ1) is 15.8. The molecule has 1 heterocycles. The lowest BCUT2D eigenvalue weighted by Crippen LogP contribution is -2.60. The summed E-state index contributed by atoms with van der Waals surface area (Å²) in [4.78, 5) is 29.5. The first-order valence-corrected chi connectivity index (χ1v) is 10.7. The zero-order valence-corrected chi connectivity index (χ0v) is 18.3. The van der Waals surface area contributed by atoms with E-state index in [2.05, 4.69) is 20.4 Å². The standard InChI is InChI=1S/C22H23ClF3N3O4/c23-17-7-6-15(10-18(17)24)32-13-19(30)29-22(8-2-1-3-9-22)20(31)28-11-14-4-5-16(12-27-14)33-21(25)26/h4-7,10,12,21H,1-3,8-9,11,13H2,(H,28,31)(H,29,30). The van der Waals surface area contributed by atoms with E-state index in [1.165, 1.54) is 24.3 Å². The molecule has 2 amide bonds. The summed E-state index contributed by atoms with van der Waals surface area (Å²) in [5.74, 6) is -1.51. The van der Waals surface area contributed by atoms with Gasteiger partial charge in [0, 0.05) is 6.07 Å². The summed E-state index contributed by atoms with van der Waals surface area (Å²) >= 11 is 5.63. The van der Waals surface area contributed by atoms with Crippen molar-refractivity contribution in [2.75, 3.05) is 6.61 Å². The second-order valence-electron chi connectivity index (χ2n) is 7.60. The molecule has 1 fully saturated rings. The smallest absolute Gasteiger partial charge is 0.387 e. The number of pyridine rings is 1. The summed E-state index contributed by atoms with van der Waals surface area (Å²) < 4.78 is 47.6. The van der Waals surface area contributed by atoms with E-state index in [4.69, 9.17) is 16.3 Å². The van der Waals surface area contributed by atoms with E-state index in [1.54, 1.807) is 0 Å². The van der Waals surface area contributed by atoms with E-state index >= 15 is 0 Å². The van der Waals surface area contributed by atoms with Crippen LogP contribution < -0.4 is 20.1 Å². The Morgan fingerprint density at radius 2 is 1.85 bits per heavy atom. The van der Waals surface area contributed by atoms with Crippen molar-refractivity contribution >= 4 is 23.4 Å². The lowest BCUT2D eigenvalue weighted by Gasteiger charge is -2.36. The first-order valence-electron chi connectivity index (χ1n) is 10.3. The van der Waals surface area contributed by atoms with Crippen molar-refractivity contribution in [2.24, 2.45) is 0 Å². The Labute approximate surface area is 193 Å². The zero-order chi connectivity index (χ0) is 23.8. The largest absolute Gasteiger partial charge is 0.484 e. The molecule has 3 rings (SSSR count). The Hall–Kier alpha value is -3.01. The maximum atomic E-state index is 13.5. The zero-order valence-electron chi connectivity index (χ0n) is 17.6. The summed E-state index contributed by atoms with van der Waals surface area (Å²) in [7, 11) is 0. The Morgan fingerprint density at radius 3 is 2.48 bits per heavy atom. The predicted octanol–water partition coefficient (Wildman–Crippen LogP) is 3.99. The van der Waals surface area contributed by atoms with Gasteiger partial charge in [0.1, 0.15) is 22.9 Å². The number of rotatable bonds is 9. The van der Waals surface area contributed by atoms with Crippen molar-refractivity contribution in [1.29, 1.82) is 0 Å². The van der Waals surface area contributed by atoms with Crippen LogP contribution in [0.15, 0.2) is 36.5 Å². The highest BCUT2D eigenvalue weighted by Crippen LogP contribution is 2.29. The predicted molar refractivity (Wildman–Crippen MR) is 114 cm³/mol. The van der Waals surface area contributed by atoms with Gasteiger partial charge in [-0.05, 0) is 37.1 Å². The van der Waals surface area contributed by atoms with E-state index in [0.717, 1.165) is 31.5 Å². The summed E-state index contributed by atoms with van der Waals surface area (Å²) in [6.07, 6.45) is 4.51. The molecule has 7 nitrogen and oxygen atoms in total. The van der Waals surface area contributed by atoms with Crippen LogP contribution in [0.5, 0.6) is 11.5 Å².